The number of hydrogen-bond acceptors (Lipinski definition) is 4. The minimum absolute atomic E-state index is 0.0278. The second-order valence-electron chi connectivity index (χ2n) is 4.73. The van der Waals surface area contributed by atoms with E-state index in [1.54, 1.807) is 0 Å². The lowest BCUT2D eigenvalue weighted by Crippen LogP contribution is -2.34. The molecular weight excluding hydrogens is 290 g/mol. The second-order valence-corrected chi connectivity index (χ2v) is 6.40. The molecule has 1 aromatic rings. The van der Waals surface area contributed by atoms with Crippen molar-refractivity contribution in [1.82, 2.24) is 4.90 Å². The number of anilines is 1. The highest BCUT2D eigenvalue weighted by molar-refractivity contribution is 7.99. The molecule has 4 nitrogen and oxygen atoms in total. The summed E-state index contributed by atoms with van der Waals surface area (Å²) in [7, 11) is 0. The van der Waals surface area contributed by atoms with Crippen LogP contribution in [0.15, 0.2) is 24.3 Å². The number of hydrogen-bond donors (Lipinski definition) is 2. The van der Waals surface area contributed by atoms with E-state index in [0.717, 1.165) is 36.5 Å². The standard InChI is InChI=1S/C14H19N3OS2/c15-14(19)11-2-4-12(5-3-11)16-13(18)10-17-6-1-8-20-9-7-17/h2-5H,1,6-10H2,(H2,15,19)(H,16,18). The first kappa shape index (κ1) is 15.3. The van der Waals surface area contributed by atoms with Gasteiger partial charge in [-0.3, -0.25) is 9.69 Å². The molecule has 2 rings (SSSR count). The van der Waals surface area contributed by atoms with Gasteiger partial charge in [0.15, 0.2) is 0 Å². The number of thioether (sulfide) groups is 1. The summed E-state index contributed by atoms with van der Waals surface area (Å²) >= 11 is 6.85. The van der Waals surface area contributed by atoms with E-state index in [2.05, 4.69) is 10.2 Å². The van der Waals surface area contributed by atoms with Gasteiger partial charge in [-0.2, -0.15) is 11.8 Å². The van der Waals surface area contributed by atoms with Gasteiger partial charge in [0.1, 0.15) is 4.99 Å². The summed E-state index contributed by atoms with van der Waals surface area (Å²) in [4.78, 5) is 14.6. The molecule has 0 aromatic heterocycles. The maximum absolute atomic E-state index is 12.0. The van der Waals surface area contributed by atoms with Crippen LogP contribution in [0.1, 0.15) is 12.0 Å². The predicted octanol–water partition coefficient (Wildman–Crippen LogP) is 1.70. The molecule has 20 heavy (non-hydrogen) atoms. The van der Waals surface area contributed by atoms with Crippen LogP contribution in [0.2, 0.25) is 0 Å². The van der Waals surface area contributed by atoms with E-state index in [1.807, 2.05) is 36.0 Å². The number of nitrogens with two attached hydrogens (primary N) is 1. The van der Waals surface area contributed by atoms with Crippen LogP contribution in [0.25, 0.3) is 0 Å². The largest absolute Gasteiger partial charge is 0.389 e. The van der Waals surface area contributed by atoms with Gasteiger partial charge < -0.3 is 11.1 Å². The Labute approximate surface area is 129 Å². The lowest BCUT2D eigenvalue weighted by Gasteiger charge is -2.18. The lowest BCUT2D eigenvalue weighted by atomic mass is 10.2. The molecule has 0 aliphatic carbocycles. The van der Waals surface area contributed by atoms with Gasteiger partial charge in [0.05, 0.1) is 6.54 Å². The van der Waals surface area contributed by atoms with E-state index in [1.165, 1.54) is 5.75 Å². The minimum Gasteiger partial charge on any atom is -0.389 e. The number of nitrogens with zero attached hydrogens (tertiary/aromatic N) is 1. The highest BCUT2D eigenvalue weighted by Gasteiger charge is 2.13. The molecule has 1 aliphatic rings. The Balaban J connectivity index is 1.85. The topological polar surface area (TPSA) is 58.4 Å². The third-order valence-corrected chi connectivity index (χ3v) is 4.42. The van der Waals surface area contributed by atoms with E-state index in [4.69, 9.17) is 18.0 Å². The third kappa shape index (κ3) is 4.77. The molecule has 1 aliphatic heterocycles. The van der Waals surface area contributed by atoms with Gasteiger partial charge in [-0.25, -0.2) is 0 Å². The van der Waals surface area contributed by atoms with Crippen LogP contribution >= 0.6 is 24.0 Å². The first-order chi connectivity index (χ1) is 9.65. The monoisotopic (exact) mass is 309 g/mol. The summed E-state index contributed by atoms with van der Waals surface area (Å²) < 4.78 is 0. The molecule has 0 unspecified atom stereocenters. The quantitative estimate of drug-likeness (QED) is 0.829. The summed E-state index contributed by atoms with van der Waals surface area (Å²) in [5, 5.41) is 2.90. The number of amides is 1. The van der Waals surface area contributed by atoms with Crippen molar-refractivity contribution < 1.29 is 4.79 Å². The van der Waals surface area contributed by atoms with Crippen LogP contribution in [-0.2, 0) is 4.79 Å². The SMILES string of the molecule is NC(=S)c1ccc(NC(=O)CN2CCCSCC2)cc1. The second kappa shape index (κ2) is 7.61. The molecule has 0 bridgehead atoms. The normalized spacial score (nSPS) is 16.4. The molecule has 0 radical (unpaired) electrons. The Bertz CT molecular complexity index is 468. The van der Waals surface area contributed by atoms with Crippen molar-refractivity contribution in [3.8, 4) is 0 Å². The first-order valence-electron chi connectivity index (χ1n) is 6.65. The zero-order chi connectivity index (χ0) is 14.4. The zero-order valence-corrected chi connectivity index (χ0v) is 12.9. The fraction of sp³-hybridized carbons (Fsp3) is 0.429. The van der Waals surface area contributed by atoms with Crippen LogP contribution in [0.5, 0.6) is 0 Å². The number of carbonyl (C=O) groups is 1. The Kier molecular flexibility index (Phi) is 5.82. The molecule has 1 amide bonds. The van der Waals surface area contributed by atoms with Gasteiger partial charge in [-0.05, 0) is 43.0 Å². The van der Waals surface area contributed by atoms with Crippen LogP contribution < -0.4 is 11.1 Å². The van der Waals surface area contributed by atoms with Crippen LogP contribution in [0, 0.1) is 0 Å². The molecule has 1 aromatic carbocycles. The molecule has 1 fully saturated rings. The number of thiocarbonyl (C=S) groups is 1. The van der Waals surface area contributed by atoms with Gasteiger partial charge in [0, 0.05) is 23.5 Å². The predicted molar refractivity (Wildman–Crippen MR) is 89.3 cm³/mol. The minimum atomic E-state index is 0.0278. The van der Waals surface area contributed by atoms with E-state index < -0.39 is 0 Å². The Morgan fingerprint density at radius 1 is 1.30 bits per heavy atom. The van der Waals surface area contributed by atoms with Crippen LogP contribution in [-0.4, -0.2) is 46.9 Å². The Morgan fingerprint density at radius 2 is 2.05 bits per heavy atom. The smallest absolute Gasteiger partial charge is 0.238 e. The first-order valence-corrected chi connectivity index (χ1v) is 8.21. The lowest BCUT2D eigenvalue weighted by molar-refractivity contribution is -0.117. The van der Waals surface area contributed by atoms with Crippen molar-refractivity contribution in [2.24, 2.45) is 5.73 Å². The van der Waals surface area contributed by atoms with E-state index in [9.17, 15) is 4.79 Å². The van der Waals surface area contributed by atoms with Crippen molar-refractivity contribution in [1.29, 1.82) is 0 Å². The molecule has 1 saturated heterocycles. The fourth-order valence-electron chi connectivity index (χ4n) is 2.08. The zero-order valence-electron chi connectivity index (χ0n) is 11.3. The molecule has 6 heteroatoms. The van der Waals surface area contributed by atoms with E-state index in [-0.39, 0.29) is 5.91 Å². The number of carbonyl (C=O) groups excluding carboxylic acids is 1. The molecule has 108 valence electrons. The average Bonchev–Trinajstić information content (AvgIpc) is 2.68. The number of benzene rings is 1. The Hall–Kier alpha value is -1.11. The fourth-order valence-corrected chi connectivity index (χ4v) is 3.14. The van der Waals surface area contributed by atoms with Gasteiger partial charge in [0.2, 0.25) is 5.91 Å². The molecular formula is C14H19N3OS2. The van der Waals surface area contributed by atoms with Gasteiger partial charge in [-0.15, -0.1) is 0 Å². The van der Waals surface area contributed by atoms with Crippen molar-refractivity contribution in [2.45, 2.75) is 6.42 Å². The summed E-state index contributed by atoms with van der Waals surface area (Å²) in [6.07, 6.45) is 1.15. The van der Waals surface area contributed by atoms with Crippen molar-refractivity contribution in [3.63, 3.8) is 0 Å². The van der Waals surface area contributed by atoms with Gasteiger partial charge in [-0.1, -0.05) is 12.2 Å². The van der Waals surface area contributed by atoms with E-state index >= 15 is 0 Å². The number of nitrogens with one attached hydrogen (secondary N) is 1. The maximum Gasteiger partial charge on any atom is 0.238 e. The molecule has 0 spiro atoms. The average molecular weight is 309 g/mol. The summed E-state index contributed by atoms with van der Waals surface area (Å²) in [6.45, 7) is 2.44. The summed E-state index contributed by atoms with van der Waals surface area (Å²) in [5.41, 5.74) is 7.12. The van der Waals surface area contributed by atoms with Gasteiger partial charge >= 0.3 is 0 Å². The Morgan fingerprint density at radius 3 is 2.75 bits per heavy atom. The van der Waals surface area contributed by atoms with Crippen LogP contribution in [0.3, 0.4) is 0 Å². The van der Waals surface area contributed by atoms with Crippen molar-refractivity contribution in [2.75, 3.05) is 36.5 Å². The maximum atomic E-state index is 12.0. The molecule has 0 atom stereocenters. The molecule has 3 N–H and O–H groups in total. The van der Waals surface area contributed by atoms with E-state index in [0.29, 0.717) is 11.5 Å². The number of rotatable bonds is 4. The summed E-state index contributed by atoms with van der Waals surface area (Å²) in [5.74, 6) is 2.33. The van der Waals surface area contributed by atoms with Crippen molar-refractivity contribution >= 4 is 40.6 Å². The molecule has 0 saturated carbocycles. The molecule has 1 heterocycles. The third-order valence-electron chi connectivity index (χ3n) is 3.14. The highest BCUT2D eigenvalue weighted by Crippen LogP contribution is 2.11. The van der Waals surface area contributed by atoms with Gasteiger partial charge in [0.25, 0.3) is 0 Å². The van der Waals surface area contributed by atoms with Crippen LogP contribution in [0.4, 0.5) is 5.69 Å². The summed E-state index contributed by atoms with van der Waals surface area (Å²) in [6, 6.07) is 7.29. The van der Waals surface area contributed by atoms with Crippen molar-refractivity contribution in [3.05, 3.63) is 29.8 Å². The highest BCUT2D eigenvalue weighted by atomic mass is 32.2.